The Morgan fingerprint density at radius 3 is 2.79 bits per heavy atom. The lowest BCUT2D eigenvalue weighted by Gasteiger charge is -2.01. The summed E-state index contributed by atoms with van der Waals surface area (Å²) >= 11 is 7.67. The number of hydrogen-bond donors (Lipinski definition) is 0. The van der Waals surface area contributed by atoms with Gasteiger partial charge in [0.05, 0.1) is 11.6 Å². The number of aromatic nitrogens is 4. The van der Waals surface area contributed by atoms with Gasteiger partial charge in [-0.1, -0.05) is 48.0 Å². The van der Waals surface area contributed by atoms with E-state index in [1.807, 2.05) is 64.5 Å². The van der Waals surface area contributed by atoms with E-state index in [9.17, 15) is 4.79 Å². The first kappa shape index (κ1) is 16.9. The van der Waals surface area contributed by atoms with Crippen LogP contribution in [0.25, 0.3) is 27.0 Å². The second-order valence-electron chi connectivity index (χ2n) is 6.05. The fourth-order valence-corrected chi connectivity index (χ4v) is 4.19. The molecule has 136 valence electrons. The summed E-state index contributed by atoms with van der Waals surface area (Å²) in [4.78, 5) is 22.4. The molecule has 0 fully saturated rings. The lowest BCUT2D eigenvalue weighted by molar-refractivity contribution is 0.818. The molecule has 1 aromatic carbocycles. The minimum Gasteiger partial charge on any atom is -0.297 e. The maximum Gasteiger partial charge on any atom is 0.283 e. The number of halogens is 1. The molecule has 0 radical (unpaired) electrons. The van der Waals surface area contributed by atoms with E-state index < -0.39 is 0 Å². The fraction of sp³-hybridized carbons (Fsp3) is 0. The lowest BCUT2D eigenvalue weighted by Crippen LogP contribution is -2.17. The fourth-order valence-electron chi connectivity index (χ4n) is 3.05. The number of pyridine rings is 1. The first-order valence-corrected chi connectivity index (χ1v) is 9.69. The molecule has 0 aliphatic carbocycles. The summed E-state index contributed by atoms with van der Waals surface area (Å²) in [7, 11) is 0. The maximum atomic E-state index is 13.1. The third-order valence-electron chi connectivity index (χ3n) is 4.39. The quantitative estimate of drug-likeness (QED) is 0.420. The zero-order chi connectivity index (χ0) is 19.1. The Bertz CT molecular complexity index is 1400. The van der Waals surface area contributed by atoms with Crippen LogP contribution in [0.15, 0.2) is 76.3 Å². The van der Waals surface area contributed by atoms with Crippen molar-refractivity contribution in [3.8, 4) is 11.1 Å². The molecule has 0 atom stereocenters. The number of imidazole rings is 1. The molecule has 0 aliphatic rings. The normalized spacial score (nSPS) is 11.8. The van der Waals surface area contributed by atoms with Gasteiger partial charge in [0.15, 0.2) is 5.15 Å². The molecule has 0 N–H and O–H groups in total. The van der Waals surface area contributed by atoms with Gasteiger partial charge in [0.1, 0.15) is 22.5 Å². The highest BCUT2D eigenvalue weighted by molar-refractivity contribution is 7.17. The number of rotatable bonds is 3. The highest BCUT2D eigenvalue weighted by Crippen LogP contribution is 2.30. The van der Waals surface area contributed by atoms with E-state index in [2.05, 4.69) is 15.1 Å². The number of fused-ring (bicyclic) bond motifs is 2. The van der Waals surface area contributed by atoms with E-state index in [1.54, 1.807) is 0 Å². The molecule has 4 aromatic heterocycles. The molecule has 0 unspecified atom stereocenters. The van der Waals surface area contributed by atoms with Gasteiger partial charge < -0.3 is 0 Å². The molecule has 0 saturated carbocycles. The highest BCUT2D eigenvalue weighted by atomic mass is 35.5. The van der Waals surface area contributed by atoms with E-state index in [-0.39, 0.29) is 5.56 Å². The maximum absolute atomic E-state index is 13.1. The van der Waals surface area contributed by atoms with Gasteiger partial charge in [-0.15, -0.1) is 11.3 Å². The van der Waals surface area contributed by atoms with Crippen molar-refractivity contribution in [3.63, 3.8) is 0 Å². The lowest BCUT2D eigenvalue weighted by atomic mass is 10.1. The Balaban J connectivity index is 1.64. The van der Waals surface area contributed by atoms with E-state index in [0.29, 0.717) is 26.7 Å². The van der Waals surface area contributed by atoms with Crippen molar-refractivity contribution in [1.29, 1.82) is 0 Å². The zero-order valence-corrected chi connectivity index (χ0v) is 15.9. The van der Waals surface area contributed by atoms with Crippen LogP contribution in [-0.4, -0.2) is 25.3 Å². The Morgan fingerprint density at radius 2 is 1.93 bits per heavy atom. The van der Waals surface area contributed by atoms with Crippen molar-refractivity contribution in [1.82, 2.24) is 19.0 Å². The largest absolute Gasteiger partial charge is 0.297 e. The van der Waals surface area contributed by atoms with Crippen molar-refractivity contribution in [3.05, 3.63) is 87.6 Å². The molecule has 28 heavy (non-hydrogen) atoms. The molecule has 6 nitrogen and oxygen atoms in total. The molecular weight excluding hydrogens is 394 g/mol. The second kappa shape index (κ2) is 6.70. The van der Waals surface area contributed by atoms with Crippen LogP contribution in [0.3, 0.4) is 0 Å². The Kier molecular flexibility index (Phi) is 4.03. The molecule has 0 aliphatic heterocycles. The molecule has 0 saturated heterocycles. The number of nitrogens with zero attached hydrogens (tertiary/aromatic N) is 5. The molecule has 5 rings (SSSR count). The SMILES string of the molecule is O=c1c2c(-c3ccccc3)csc2ncn1/N=C/c1c(Cl)nc2ccccn12. The van der Waals surface area contributed by atoms with Crippen molar-refractivity contribution < 1.29 is 0 Å². The minimum absolute atomic E-state index is 0.230. The summed E-state index contributed by atoms with van der Waals surface area (Å²) in [6.45, 7) is 0. The molecular formula is C20H12ClN5OS. The van der Waals surface area contributed by atoms with E-state index in [1.165, 1.54) is 28.6 Å². The van der Waals surface area contributed by atoms with E-state index >= 15 is 0 Å². The van der Waals surface area contributed by atoms with Gasteiger partial charge >= 0.3 is 0 Å². The predicted octanol–water partition coefficient (Wildman–Crippen LogP) is 4.31. The smallest absolute Gasteiger partial charge is 0.283 e. The van der Waals surface area contributed by atoms with Crippen LogP contribution in [0, 0.1) is 0 Å². The van der Waals surface area contributed by atoms with Gasteiger partial charge in [0, 0.05) is 17.1 Å². The molecule has 0 bridgehead atoms. The Labute approximate surface area is 168 Å². The van der Waals surface area contributed by atoms with Gasteiger partial charge in [-0.3, -0.25) is 9.20 Å². The van der Waals surface area contributed by atoms with E-state index in [0.717, 1.165) is 11.1 Å². The van der Waals surface area contributed by atoms with Crippen molar-refractivity contribution >= 4 is 45.0 Å². The van der Waals surface area contributed by atoms with Crippen LogP contribution in [0.2, 0.25) is 5.15 Å². The van der Waals surface area contributed by atoms with Gasteiger partial charge in [0.2, 0.25) is 0 Å². The highest BCUT2D eigenvalue weighted by Gasteiger charge is 2.13. The summed E-state index contributed by atoms with van der Waals surface area (Å²) in [6.07, 6.45) is 4.78. The monoisotopic (exact) mass is 405 g/mol. The van der Waals surface area contributed by atoms with Crippen molar-refractivity contribution in [2.75, 3.05) is 0 Å². The number of hydrogen-bond acceptors (Lipinski definition) is 5. The first-order valence-electron chi connectivity index (χ1n) is 8.43. The second-order valence-corrected chi connectivity index (χ2v) is 7.27. The van der Waals surface area contributed by atoms with Crippen LogP contribution in [0.4, 0.5) is 0 Å². The standard InChI is InChI=1S/C20H12ClN5OS/c21-18-15(25-9-5-4-8-16(25)24-18)10-23-26-12-22-19-17(20(26)27)14(11-28-19)13-6-2-1-3-7-13/h1-12H/b23-10+. The molecule has 8 heteroatoms. The van der Waals surface area contributed by atoms with Crippen LogP contribution in [0.1, 0.15) is 5.69 Å². The molecule has 5 aromatic rings. The third kappa shape index (κ3) is 2.72. The summed E-state index contributed by atoms with van der Waals surface area (Å²) in [6, 6.07) is 15.4. The molecule has 0 amide bonds. The van der Waals surface area contributed by atoms with Crippen molar-refractivity contribution in [2.24, 2.45) is 5.10 Å². The van der Waals surface area contributed by atoms with Gasteiger partial charge in [-0.2, -0.15) is 9.78 Å². The van der Waals surface area contributed by atoms with Crippen LogP contribution in [0.5, 0.6) is 0 Å². The topological polar surface area (TPSA) is 64.5 Å². The average molecular weight is 406 g/mol. The summed E-state index contributed by atoms with van der Waals surface area (Å²) < 4.78 is 3.03. The van der Waals surface area contributed by atoms with Crippen LogP contribution >= 0.6 is 22.9 Å². The predicted molar refractivity (Wildman–Crippen MR) is 113 cm³/mol. The first-order chi connectivity index (χ1) is 13.7. The van der Waals surface area contributed by atoms with Gasteiger partial charge in [0.25, 0.3) is 5.56 Å². The minimum atomic E-state index is -0.230. The Hall–Kier alpha value is -3.29. The van der Waals surface area contributed by atoms with Crippen molar-refractivity contribution in [2.45, 2.75) is 0 Å². The average Bonchev–Trinajstić information content (AvgIpc) is 3.29. The Morgan fingerprint density at radius 1 is 1.11 bits per heavy atom. The number of benzene rings is 1. The third-order valence-corrected chi connectivity index (χ3v) is 5.55. The summed E-state index contributed by atoms with van der Waals surface area (Å²) in [5.74, 6) is 0. The summed E-state index contributed by atoms with van der Waals surface area (Å²) in [5.41, 5.74) is 2.90. The van der Waals surface area contributed by atoms with Gasteiger partial charge in [-0.25, -0.2) is 9.97 Å². The zero-order valence-electron chi connectivity index (χ0n) is 14.4. The summed E-state index contributed by atoms with van der Waals surface area (Å²) in [5, 5.41) is 7.12. The van der Waals surface area contributed by atoms with E-state index in [4.69, 9.17) is 11.6 Å². The molecule has 4 heterocycles. The molecule has 0 spiro atoms. The van der Waals surface area contributed by atoms with Crippen LogP contribution < -0.4 is 5.56 Å². The van der Waals surface area contributed by atoms with Gasteiger partial charge in [-0.05, 0) is 17.7 Å². The van der Waals surface area contributed by atoms with Crippen LogP contribution in [-0.2, 0) is 0 Å². The number of thiophene rings is 1.